The van der Waals surface area contributed by atoms with Crippen LogP contribution in [0.4, 0.5) is 8.78 Å². The number of oxazole rings is 1. The predicted molar refractivity (Wildman–Crippen MR) is 46.7 cm³/mol. The molecule has 2 aromatic rings. The van der Waals surface area contributed by atoms with Gasteiger partial charge in [0, 0.05) is 4.47 Å². The van der Waals surface area contributed by atoms with Crippen molar-refractivity contribution in [1.82, 2.24) is 4.98 Å². The largest absolute Gasteiger partial charge is 0.435 e. The van der Waals surface area contributed by atoms with Gasteiger partial charge in [-0.1, -0.05) is 15.9 Å². The van der Waals surface area contributed by atoms with Crippen LogP contribution in [0.3, 0.4) is 0 Å². The summed E-state index contributed by atoms with van der Waals surface area (Å²) in [6.07, 6.45) is -2.66. The summed E-state index contributed by atoms with van der Waals surface area (Å²) in [4.78, 5) is 3.62. The molecule has 0 saturated carbocycles. The Morgan fingerprint density at radius 2 is 2.15 bits per heavy atom. The standard InChI is InChI=1S/C8H4BrF2NO/c9-4-1-2-5-6(3-4)13-8(12-5)7(10)11/h1-3,7H. The van der Waals surface area contributed by atoms with Crippen molar-refractivity contribution in [2.45, 2.75) is 6.43 Å². The maximum Gasteiger partial charge on any atom is 0.313 e. The minimum Gasteiger partial charge on any atom is -0.435 e. The number of fused-ring (bicyclic) bond motifs is 1. The first-order valence-electron chi connectivity index (χ1n) is 3.51. The van der Waals surface area contributed by atoms with E-state index in [-0.39, 0.29) is 0 Å². The van der Waals surface area contributed by atoms with Crippen molar-refractivity contribution >= 4 is 27.0 Å². The lowest BCUT2D eigenvalue weighted by Gasteiger charge is -1.87. The highest BCUT2D eigenvalue weighted by Crippen LogP contribution is 2.25. The van der Waals surface area contributed by atoms with Gasteiger partial charge in [-0.15, -0.1) is 0 Å². The van der Waals surface area contributed by atoms with Gasteiger partial charge in [0.25, 0.3) is 5.89 Å². The van der Waals surface area contributed by atoms with E-state index >= 15 is 0 Å². The van der Waals surface area contributed by atoms with Crippen molar-refractivity contribution in [1.29, 1.82) is 0 Å². The molecule has 0 radical (unpaired) electrons. The first-order chi connectivity index (χ1) is 6.16. The summed E-state index contributed by atoms with van der Waals surface area (Å²) in [5.41, 5.74) is 0.808. The quantitative estimate of drug-likeness (QED) is 0.771. The van der Waals surface area contributed by atoms with Gasteiger partial charge < -0.3 is 4.42 Å². The summed E-state index contributed by atoms with van der Waals surface area (Å²) >= 11 is 3.20. The molecule has 5 heteroatoms. The van der Waals surface area contributed by atoms with Crippen molar-refractivity contribution in [3.8, 4) is 0 Å². The molecule has 13 heavy (non-hydrogen) atoms. The van der Waals surface area contributed by atoms with E-state index < -0.39 is 12.3 Å². The van der Waals surface area contributed by atoms with Crippen LogP contribution in [0.25, 0.3) is 11.1 Å². The Labute approximate surface area is 80.7 Å². The summed E-state index contributed by atoms with van der Waals surface area (Å²) < 4.78 is 29.9. The van der Waals surface area contributed by atoms with Gasteiger partial charge in [0.05, 0.1) is 0 Å². The molecule has 0 aliphatic heterocycles. The number of halogens is 3. The molecule has 0 aliphatic carbocycles. The molecule has 0 atom stereocenters. The van der Waals surface area contributed by atoms with Crippen molar-refractivity contribution < 1.29 is 13.2 Å². The number of rotatable bonds is 1. The molecule has 0 aliphatic rings. The van der Waals surface area contributed by atoms with E-state index in [2.05, 4.69) is 20.9 Å². The van der Waals surface area contributed by atoms with Gasteiger partial charge in [-0.2, -0.15) is 8.78 Å². The second-order valence-electron chi connectivity index (χ2n) is 2.46. The van der Waals surface area contributed by atoms with Gasteiger partial charge in [0.1, 0.15) is 5.52 Å². The van der Waals surface area contributed by atoms with Crippen LogP contribution in [0, 0.1) is 0 Å². The number of nitrogens with zero attached hydrogens (tertiary/aromatic N) is 1. The molecule has 0 saturated heterocycles. The average molecular weight is 248 g/mol. The van der Waals surface area contributed by atoms with Crippen molar-refractivity contribution in [2.75, 3.05) is 0 Å². The summed E-state index contributed by atoms with van der Waals surface area (Å²) in [5.74, 6) is -0.534. The zero-order valence-electron chi connectivity index (χ0n) is 6.30. The van der Waals surface area contributed by atoms with Gasteiger partial charge in [0.15, 0.2) is 5.58 Å². The molecule has 0 N–H and O–H groups in total. The fraction of sp³-hybridized carbons (Fsp3) is 0.125. The monoisotopic (exact) mass is 247 g/mol. The number of benzene rings is 1. The number of aromatic nitrogens is 1. The van der Waals surface area contributed by atoms with E-state index in [1.807, 2.05) is 0 Å². The predicted octanol–water partition coefficient (Wildman–Crippen LogP) is 3.53. The van der Waals surface area contributed by atoms with E-state index in [1.54, 1.807) is 18.2 Å². The van der Waals surface area contributed by atoms with Gasteiger partial charge in [0.2, 0.25) is 0 Å². The first-order valence-corrected chi connectivity index (χ1v) is 4.30. The lowest BCUT2D eigenvalue weighted by Crippen LogP contribution is -1.80. The molecule has 0 fully saturated rings. The van der Waals surface area contributed by atoms with Crippen molar-refractivity contribution in [3.05, 3.63) is 28.6 Å². The van der Waals surface area contributed by atoms with Crippen LogP contribution in [0.5, 0.6) is 0 Å². The van der Waals surface area contributed by atoms with Crippen molar-refractivity contribution in [2.24, 2.45) is 0 Å². The minimum absolute atomic E-state index is 0.365. The third-order valence-corrected chi connectivity index (χ3v) is 2.05. The highest BCUT2D eigenvalue weighted by atomic mass is 79.9. The molecule has 0 amide bonds. The van der Waals surface area contributed by atoms with E-state index in [0.29, 0.717) is 11.1 Å². The number of hydrogen-bond acceptors (Lipinski definition) is 2. The van der Waals surface area contributed by atoms with Crippen LogP contribution < -0.4 is 0 Å². The van der Waals surface area contributed by atoms with Crippen LogP contribution in [-0.4, -0.2) is 4.98 Å². The van der Waals surface area contributed by atoms with E-state index in [1.165, 1.54) is 0 Å². The second kappa shape index (κ2) is 3.06. The molecule has 0 spiro atoms. The first kappa shape index (κ1) is 8.62. The SMILES string of the molecule is FC(F)c1nc2ccc(Br)cc2o1. The highest BCUT2D eigenvalue weighted by molar-refractivity contribution is 9.10. The Bertz CT molecular complexity index is 441. The van der Waals surface area contributed by atoms with E-state index in [4.69, 9.17) is 4.42 Å². The van der Waals surface area contributed by atoms with E-state index in [0.717, 1.165) is 4.47 Å². The maximum absolute atomic E-state index is 12.1. The molecule has 2 nitrogen and oxygen atoms in total. The van der Waals surface area contributed by atoms with E-state index in [9.17, 15) is 8.78 Å². The van der Waals surface area contributed by atoms with Crippen LogP contribution in [0.2, 0.25) is 0 Å². The Balaban J connectivity index is 2.62. The zero-order chi connectivity index (χ0) is 9.42. The maximum atomic E-state index is 12.1. The molecule has 0 unspecified atom stereocenters. The Kier molecular flexibility index (Phi) is 2.03. The molecular formula is C8H4BrF2NO. The number of alkyl halides is 2. The van der Waals surface area contributed by atoms with Crippen LogP contribution in [0.1, 0.15) is 12.3 Å². The molecule has 1 aromatic heterocycles. The minimum atomic E-state index is -2.66. The van der Waals surface area contributed by atoms with Gasteiger partial charge in [-0.05, 0) is 18.2 Å². The molecular weight excluding hydrogens is 244 g/mol. The second-order valence-corrected chi connectivity index (χ2v) is 3.38. The Morgan fingerprint density at radius 3 is 2.85 bits per heavy atom. The molecule has 1 aromatic carbocycles. The highest BCUT2D eigenvalue weighted by Gasteiger charge is 2.15. The summed E-state index contributed by atoms with van der Waals surface area (Å²) in [7, 11) is 0. The summed E-state index contributed by atoms with van der Waals surface area (Å²) in [6.45, 7) is 0. The smallest absolute Gasteiger partial charge is 0.313 e. The summed E-state index contributed by atoms with van der Waals surface area (Å²) in [5, 5.41) is 0. The fourth-order valence-corrected chi connectivity index (χ4v) is 1.35. The normalized spacial score (nSPS) is 11.4. The van der Waals surface area contributed by atoms with Crippen LogP contribution >= 0.6 is 15.9 Å². The van der Waals surface area contributed by atoms with Crippen LogP contribution in [0.15, 0.2) is 27.1 Å². The van der Waals surface area contributed by atoms with Gasteiger partial charge in [-0.3, -0.25) is 0 Å². The van der Waals surface area contributed by atoms with Gasteiger partial charge in [-0.25, -0.2) is 4.98 Å². The molecule has 0 bridgehead atoms. The number of hydrogen-bond donors (Lipinski definition) is 0. The summed E-state index contributed by atoms with van der Waals surface area (Å²) in [6, 6.07) is 4.95. The average Bonchev–Trinajstić information content (AvgIpc) is 2.46. The van der Waals surface area contributed by atoms with Gasteiger partial charge >= 0.3 is 6.43 Å². The topological polar surface area (TPSA) is 26.0 Å². The Hall–Kier alpha value is -0.970. The third-order valence-electron chi connectivity index (χ3n) is 1.55. The Morgan fingerprint density at radius 1 is 1.38 bits per heavy atom. The fourth-order valence-electron chi connectivity index (χ4n) is 1.01. The van der Waals surface area contributed by atoms with Crippen molar-refractivity contribution in [3.63, 3.8) is 0 Å². The molecule has 1 heterocycles. The third kappa shape index (κ3) is 1.56. The van der Waals surface area contributed by atoms with Crippen LogP contribution in [-0.2, 0) is 0 Å². The zero-order valence-corrected chi connectivity index (χ0v) is 7.88. The lowest BCUT2D eigenvalue weighted by molar-refractivity contribution is 0.117. The molecule has 2 rings (SSSR count). The molecule has 68 valence electrons. The lowest BCUT2D eigenvalue weighted by atomic mass is 10.3.